The Morgan fingerprint density at radius 2 is 2.00 bits per heavy atom. The van der Waals surface area contributed by atoms with Gasteiger partial charge in [0.15, 0.2) is 0 Å². The number of rotatable bonds is 4. The topological polar surface area (TPSA) is 115 Å². The summed E-state index contributed by atoms with van der Waals surface area (Å²) in [6, 6.07) is 4.42. The molecule has 0 radical (unpaired) electrons. The summed E-state index contributed by atoms with van der Waals surface area (Å²) in [4.78, 5) is 20.7. The fourth-order valence-electron chi connectivity index (χ4n) is 1.03. The number of hydrogen-bond donors (Lipinski definition) is 2. The second kappa shape index (κ2) is 4.37. The average molecular weight is 261 g/mol. The molecule has 17 heavy (non-hydrogen) atoms. The van der Waals surface area contributed by atoms with Crippen LogP contribution < -0.4 is 0 Å². The van der Waals surface area contributed by atoms with Gasteiger partial charge in [-0.25, -0.2) is 10.0 Å². The highest BCUT2D eigenvalue weighted by Gasteiger charge is 2.32. The van der Waals surface area contributed by atoms with E-state index in [1.807, 2.05) is 0 Å². The number of aromatic carboxylic acids is 1. The van der Waals surface area contributed by atoms with E-state index in [4.69, 9.17) is 10.3 Å². The molecule has 92 valence electrons. The number of nitrogens with zero attached hydrogens (tertiary/aromatic N) is 2. The van der Waals surface area contributed by atoms with E-state index < -0.39 is 25.9 Å². The van der Waals surface area contributed by atoms with Gasteiger partial charge in [-0.05, 0) is 18.2 Å². The molecule has 0 aliphatic carbocycles. The molecule has 0 aliphatic rings. The predicted octanol–water partition coefficient (Wildman–Crippen LogP) is 0.0884. The van der Waals surface area contributed by atoms with E-state index in [1.54, 1.807) is 0 Å². The SMILES string of the molecule is CN([N+](=O)O)S(=O)(=O)c1cccc(C(=O)O)c1. The molecule has 0 bridgehead atoms. The van der Waals surface area contributed by atoms with Crippen molar-refractivity contribution in [3.05, 3.63) is 34.7 Å². The Bertz CT molecular complexity index is 567. The average Bonchev–Trinajstić information content (AvgIpc) is 2.28. The summed E-state index contributed by atoms with van der Waals surface area (Å²) < 4.78 is 23.4. The van der Waals surface area contributed by atoms with Gasteiger partial charge in [0.1, 0.15) is 4.91 Å². The third-order valence-corrected chi connectivity index (χ3v) is 3.65. The van der Waals surface area contributed by atoms with E-state index in [1.165, 1.54) is 12.1 Å². The summed E-state index contributed by atoms with van der Waals surface area (Å²) in [5, 5.41) is 16.3. The summed E-state index contributed by atoms with van der Waals surface area (Å²) in [7, 11) is -3.43. The van der Waals surface area contributed by atoms with Crippen LogP contribution in [0.3, 0.4) is 0 Å². The smallest absolute Gasteiger partial charge is 0.372 e. The molecule has 1 aromatic rings. The van der Waals surface area contributed by atoms with Crippen LogP contribution in [0.5, 0.6) is 0 Å². The maximum Gasteiger partial charge on any atom is 0.372 e. The Morgan fingerprint density at radius 1 is 1.41 bits per heavy atom. The maximum absolute atomic E-state index is 11.7. The molecule has 0 fully saturated rings. The van der Waals surface area contributed by atoms with Gasteiger partial charge in [-0.3, -0.25) is 0 Å². The Morgan fingerprint density at radius 3 is 2.47 bits per heavy atom. The zero-order chi connectivity index (χ0) is 13.2. The van der Waals surface area contributed by atoms with Gasteiger partial charge in [0.25, 0.3) is 0 Å². The quantitative estimate of drug-likeness (QED) is 0.742. The Labute approximate surface area is 96.3 Å². The zero-order valence-corrected chi connectivity index (χ0v) is 9.46. The number of carbonyl (C=O) groups is 1. The van der Waals surface area contributed by atoms with Crippen LogP contribution in [-0.4, -0.2) is 41.2 Å². The van der Waals surface area contributed by atoms with E-state index in [9.17, 15) is 18.1 Å². The van der Waals surface area contributed by atoms with E-state index >= 15 is 0 Å². The minimum atomic E-state index is -4.26. The molecule has 2 N–H and O–H groups in total. The summed E-state index contributed by atoms with van der Waals surface area (Å²) in [5.74, 6) is -1.30. The zero-order valence-electron chi connectivity index (χ0n) is 8.64. The number of benzene rings is 1. The number of carboxylic acids is 1. The molecular weight excluding hydrogens is 252 g/mol. The van der Waals surface area contributed by atoms with Gasteiger partial charge in [-0.1, -0.05) is 6.07 Å². The van der Waals surface area contributed by atoms with Crippen molar-refractivity contribution in [2.24, 2.45) is 0 Å². The van der Waals surface area contributed by atoms with Crippen LogP contribution in [-0.2, 0) is 10.0 Å². The summed E-state index contributed by atoms with van der Waals surface area (Å²) in [5.41, 5.74) is -0.241. The van der Waals surface area contributed by atoms with Crippen LogP contribution in [0.2, 0.25) is 0 Å². The summed E-state index contributed by atoms with van der Waals surface area (Å²) in [6.07, 6.45) is 0. The first-order valence-corrected chi connectivity index (χ1v) is 5.69. The first-order valence-electron chi connectivity index (χ1n) is 4.25. The van der Waals surface area contributed by atoms with Gasteiger partial charge in [0.05, 0.1) is 17.5 Å². The highest BCUT2D eigenvalue weighted by atomic mass is 32.2. The molecule has 1 aromatic carbocycles. The monoisotopic (exact) mass is 261 g/mol. The largest absolute Gasteiger partial charge is 0.478 e. The molecular formula is C8H9N2O6S+. The van der Waals surface area contributed by atoms with Gasteiger partial charge >= 0.3 is 21.0 Å². The number of carboxylic acid groups (broad SMARTS) is 1. The van der Waals surface area contributed by atoms with Crippen molar-refractivity contribution in [2.45, 2.75) is 4.90 Å². The fraction of sp³-hybridized carbons (Fsp3) is 0.125. The van der Waals surface area contributed by atoms with E-state index in [0.29, 0.717) is 0 Å². The van der Waals surface area contributed by atoms with Gasteiger partial charge in [0, 0.05) is 4.41 Å². The van der Waals surface area contributed by atoms with Crippen LogP contribution in [0.15, 0.2) is 29.2 Å². The van der Waals surface area contributed by atoms with Crippen LogP contribution in [0.4, 0.5) is 0 Å². The normalized spacial score (nSPS) is 10.9. The lowest BCUT2D eigenvalue weighted by molar-refractivity contribution is -0.878. The van der Waals surface area contributed by atoms with Crippen molar-refractivity contribution >= 4 is 16.0 Å². The Balaban J connectivity index is 3.30. The van der Waals surface area contributed by atoms with Crippen LogP contribution in [0.1, 0.15) is 10.4 Å². The Kier molecular flexibility index (Phi) is 3.32. The third-order valence-electron chi connectivity index (χ3n) is 1.97. The van der Waals surface area contributed by atoms with E-state index in [0.717, 1.165) is 19.2 Å². The van der Waals surface area contributed by atoms with E-state index in [2.05, 4.69) is 0 Å². The van der Waals surface area contributed by atoms with Crippen molar-refractivity contribution in [1.82, 2.24) is 4.41 Å². The molecule has 0 spiro atoms. The number of sulfonamides is 1. The first-order chi connectivity index (χ1) is 7.76. The van der Waals surface area contributed by atoms with Crippen molar-refractivity contribution in [3.8, 4) is 0 Å². The van der Waals surface area contributed by atoms with Gasteiger partial charge in [-0.15, -0.1) is 0 Å². The van der Waals surface area contributed by atoms with Crippen LogP contribution >= 0.6 is 0 Å². The standard InChI is InChI=1S/C8H8N2O6S/c1-9(10(13)14)17(15,16)7-4-2-3-6(5-7)8(11)12/h2-5H,1H3,(H-,11,12,13,14)/p+1. The fourth-order valence-corrected chi connectivity index (χ4v) is 2.05. The predicted molar refractivity (Wildman–Crippen MR) is 53.8 cm³/mol. The molecule has 0 saturated carbocycles. The molecule has 9 heteroatoms. The minimum absolute atomic E-state index is 0.0357. The van der Waals surface area contributed by atoms with Crippen molar-refractivity contribution in [3.63, 3.8) is 0 Å². The number of hydrogen-bond acceptors (Lipinski definition) is 4. The number of hydrazine groups is 1. The van der Waals surface area contributed by atoms with Crippen molar-refractivity contribution in [1.29, 1.82) is 0 Å². The minimum Gasteiger partial charge on any atom is -0.478 e. The maximum atomic E-state index is 11.7. The molecule has 0 saturated heterocycles. The molecule has 0 unspecified atom stereocenters. The molecule has 8 nitrogen and oxygen atoms in total. The van der Waals surface area contributed by atoms with E-state index in [-0.39, 0.29) is 9.98 Å². The summed E-state index contributed by atoms with van der Waals surface area (Å²) in [6.45, 7) is 0. The van der Waals surface area contributed by atoms with Crippen LogP contribution in [0.25, 0.3) is 0 Å². The molecule has 0 atom stereocenters. The first kappa shape index (κ1) is 12.9. The van der Waals surface area contributed by atoms with Gasteiger partial charge in [-0.2, -0.15) is 8.42 Å². The van der Waals surface area contributed by atoms with Crippen molar-refractivity contribution in [2.75, 3.05) is 7.05 Å². The lowest BCUT2D eigenvalue weighted by atomic mass is 10.2. The highest BCUT2D eigenvalue weighted by molar-refractivity contribution is 7.89. The van der Waals surface area contributed by atoms with Crippen molar-refractivity contribution < 1.29 is 28.6 Å². The third kappa shape index (κ3) is 2.50. The molecule has 1 rings (SSSR count). The molecule has 0 aliphatic heterocycles. The summed E-state index contributed by atoms with van der Waals surface area (Å²) >= 11 is 0. The molecule has 0 amide bonds. The lowest BCUT2D eigenvalue weighted by Gasteiger charge is -2.06. The van der Waals surface area contributed by atoms with Gasteiger partial charge < -0.3 is 5.11 Å². The lowest BCUT2D eigenvalue weighted by Crippen LogP contribution is -2.33. The highest BCUT2D eigenvalue weighted by Crippen LogP contribution is 2.15. The van der Waals surface area contributed by atoms with Crippen LogP contribution in [0, 0.1) is 4.91 Å². The van der Waals surface area contributed by atoms with Gasteiger partial charge in [0.2, 0.25) is 0 Å². The second-order valence-electron chi connectivity index (χ2n) is 3.03. The molecule has 0 heterocycles. The Hall–Kier alpha value is -2.16. The molecule has 0 aromatic heterocycles. The second-order valence-corrected chi connectivity index (χ2v) is 4.98.